The van der Waals surface area contributed by atoms with Crippen LogP contribution in [0.1, 0.15) is 43.5 Å². The molecule has 1 aliphatic heterocycles. The van der Waals surface area contributed by atoms with Crippen LogP contribution in [0.4, 0.5) is 4.39 Å². The molecule has 0 spiro atoms. The second kappa shape index (κ2) is 6.35. The first-order valence-corrected chi connectivity index (χ1v) is 7.19. The Morgan fingerprint density at radius 3 is 2.80 bits per heavy atom. The van der Waals surface area contributed by atoms with Gasteiger partial charge in [0.15, 0.2) is 17.3 Å². The number of likely N-dealkylation sites (tertiary alicyclic amines) is 1. The number of hydrogen-bond acceptors (Lipinski definition) is 3. The van der Waals surface area contributed by atoms with Crippen LogP contribution in [-0.4, -0.2) is 36.4 Å². The molecule has 1 fully saturated rings. The molecule has 1 aliphatic rings. The van der Waals surface area contributed by atoms with E-state index in [9.17, 15) is 9.18 Å². The lowest BCUT2D eigenvalue weighted by Gasteiger charge is -2.26. The van der Waals surface area contributed by atoms with Crippen molar-refractivity contribution >= 4 is 5.78 Å². The highest BCUT2D eigenvalue weighted by Gasteiger charge is 2.30. The van der Waals surface area contributed by atoms with Crippen LogP contribution in [0, 0.1) is 5.82 Å². The Balaban J connectivity index is 2.10. The smallest absolute Gasteiger partial charge is 0.176 e. The van der Waals surface area contributed by atoms with Gasteiger partial charge in [-0.25, -0.2) is 4.39 Å². The average Bonchev–Trinajstić information content (AvgIpc) is 2.79. The number of carbonyl (C=O) groups excluding carboxylic acids is 1. The van der Waals surface area contributed by atoms with Crippen molar-refractivity contribution in [1.29, 1.82) is 0 Å². The third-order valence-corrected chi connectivity index (χ3v) is 4.22. The van der Waals surface area contributed by atoms with Gasteiger partial charge in [-0.3, -0.25) is 9.69 Å². The number of nitrogens with zero attached hydrogens (tertiary/aromatic N) is 1. The molecule has 1 aromatic carbocycles. The lowest BCUT2D eigenvalue weighted by atomic mass is 10.1. The Morgan fingerprint density at radius 1 is 1.45 bits per heavy atom. The molecule has 0 radical (unpaired) electrons. The van der Waals surface area contributed by atoms with Crippen molar-refractivity contribution < 1.29 is 13.9 Å². The average molecular weight is 279 g/mol. The summed E-state index contributed by atoms with van der Waals surface area (Å²) in [4.78, 5) is 14.6. The highest BCUT2D eigenvalue weighted by Crippen LogP contribution is 2.26. The van der Waals surface area contributed by atoms with Crippen molar-refractivity contribution in [3.63, 3.8) is 0 Å². The molecule has 0 N–H and O–H groups in total. The molecule has 2 atom stereocenters. The number of methoxy groups -OCH3 is 1. The van der Waals surface area contributed by atoms with E-state index < -0.39 is 5.82 Å². The van der Waals surface area contributed by atoms with Crippen LogP contribution in [0.15, 0.2) is 18.2 Å². The maximum atomic E-state index is 13.7. The highest BCUT2D eigenvalue weighted by molar-refractivity contribution is 5.97. The predicted molar refractivity (Wildman–Crippen MR) is 76.8 cm³/mol. The largest absolute Gasteiger partial charge is 0.494 e. The predicted octanol–water partition coefficient (Wildman–Crippen LogP) is 3.28. The van der Waals surface area contributed by atoms with Crippen LogP contribution in [0.5, 0.6) is 5.75 Å². The molecule has 0 saturated carbocycles. The molecule has 1 heterocycles. The summed E-state index contributed by atoms with van der Waals surface area (Å²) in [6, 6.07) is 5.30. The summed E-state index contributed by atoms with van der Waals surface area (Å²) >= 11 is 0. The zero-order valence-corrected chi connectivity index (χ0v) is 12.4. The van der Waals surface area contributed by atoms with Gasteiger partial charge >= 0.3 is 0 Å². The lowest BCUT2D eigenvalue weighted by Crippen LogP contribution is -2.38. The van der Waals surface area contributed by atoms with Gasteiger partial charge in [0.05, 0.1) is 13.7 Å². The monoisotopic (exact) mass is 279 g/mol. The molecule has 2 unspecified atom stereocenters. The van der Waals surface area contributed by atoms with E-state index in [2.05, 4.69) is 18.7 Å². The van der Waals surface area contributed by atoms with Crippen molar-refractivity contribution in [1.82, 2.24) is 4.90 Å². The molecule has 1 saturated heterocycles. The first kappa shape index (κ1) is 15.0. The van der Waals surface area contributed by atoms with Gasteiger partial charge in [-0.15, -0.1) is 0 Å². The van der Waals surface area contributed by atoms with Crippen LogP contribution in [-0.2, 0) is 0 Å². The van der Waals surface area contributed by atoms with Crippen molar-refractivity contribution in [2.75, 3.05) is 13.7 Å². The molecular formula is C16H22FNO2. The normalized spacial score (nSPS) is 23.0. The molecule has 2 rings (SSSR count). The van der Waals surface area contributed by atoms with Crippen molar-refractivity contribution in [2.45, 2.75) is 45.2 Å². The van der Waals surface area contributed by atoms with E-state index >= 15 is 0 Å². The number of Topliss-reactive ketones (excluding diaryl/α,β-unsaturated/α-hetero) is 1. The summed E-state index contributed by atoms with van der Waals surface area (Å²) < 4.78 is 18.5. The van der Waals surface area contributed by atoms with Gasteiger partial charge in [0.25, 0.3) is 0 Å². The van der Waals surface area contributed by atoms with Gasteiger partial charge in [0.1, 0.15) is 0 Å². The quantitative estimate of drug-likeness (QED) is 0.775. The van der Waals surface area contributed by atoms with Gasteiger partial charge in [0.2, 0.25) is 0 Å². The number of halogens is 1. The van der Waals surface area contributed by atoms with Crippen LogP contribution in [0.25, 0.3) is 0 Å². The molecule has 110 valence electrons. The van der Waals surface area contributed by atoms with Gasteiger partial charge < -0.3 is 4.74 Å². The number of ketones is 1. The number of benzene rings is 1. The van der Waals surface area contributed by atoms with E-state index in [-0.39, 0.29) is 11.5 Å². The summed E-state index contributed by atoms with van der Waals surface area (Å²) in [6.45, 7) is 4.66. The summed E-state index contributed by atoms with van der Waals surface area (Å²) in [5.74, 6) is -0.346. The molecule has 0 aromatic heterocycles. The van der Waals surface area contributed by atoms with Gasteiger partial charge in [-0.05, 0) is 44.4 Å². The Labute approximate surface area is 119 Å². The Hall–Kier alpha value is -1.42. The fourth-order valence-electron chi connectivity index (χ4n) is 2.95. The van der Waals surface area contributed by atoms with Gasteiger partial charge in [-0.2, -0.15) is 0 Å². The fourth-order valence-corrected chi connectivity index (χ4v) is 2.95. The van der Waals surface area contributed by atoms with Crippen LogP contribution < -0.4 is 4.74 Å². The summed E-state index contributed by atoms with van der Waals surface area (Å²) in [7, 11) is 1.41. The SMILES string of the molecule is CCC1CCC(C)N1CC(=O)c1ccc(OC)c(F)c1. The van der Waals surface area contributed by atoms with Crippen molar-refractivity contribution in [2.24, 2.45) is 0 Å². The third-order valence-electron chi connectivity index (χ3n) is 4.22. The molecule has 3 nitrogen and oxygen atoms in total. The minimum absolute atomic E-state index is 0.0289. The molecule has 20 heavy (non-hydrogen) atoms. The van der Waals surface area contributed by atoms with Gasteiger partial charge in [0, 0.05) is 17.6 Å². The van der Waals surface area contributed by atoms with Crippen molar-refractivity contribution in [3.8, 4) is 5.75 Å². The minimum atomic E-state index is -0.486. The van der Waals surface area contributed by atoms with E-state index in [4.69, 9.17) is 4.74 Å². The molecule has 4 heteroatoms. The first-order valence-electron chi connectivity index (χ1n) is 7.19. The van der Waals surface area contributed by atoms with E-state index in [1.54, 1.807) is 6.07 Å². The van der Waals surface area contributed by atoms with E-state index in [0.717, 1.165) is 19.3 Å². The summed E-state index contributed by atoms with van der Waals surface area (Å²) in [5, 5.41) is 0. The van der Waals surface area contributed by atoms with E-state index in [1.165, 1.54) is 19.2 Å². The lowest BCUT2D eigenvalue weighted by molar-refractivity contribution is 0.0888. The maximum absolute atomic E-state index is 13.7. The number of ether oxygens (including phenoxy) is 1. The number of rotatable bonds is 5. The standard InChI is InChI=1S/C16H22FNO2/c1-4-13-7-5-11(2)18(13)10-15(19)12-6-8-16(20-3)14(17)9-12/h6,8-9,11,13H,4-5,7,10H2,1-3H3. The van der Waals surface area contributed by atoms with E-state index in [1.807, 2.05) is 0 Å². The molecule has 0 bridgehead atoms. The van der Waals surface area contributed by atoms with E-state index in [0.29, 0.717) is 24.2 Å². The van der Waals surface area contributed by atoms with Crippen LogP contribution in [0.3, 0.4) is 0 Å². The number of carbonyl (C=O) groups is 1. The molecule has 0 aliphatic carbocycles. The molecule has 0 amide bonds. The van der Waals surface area contributed by atoms with Crippen LogP contribution >= 0.6 is 0 Å². The topological polar surface area (TPSA) is 29.5 Å². The zero-order chi connectivity index (χ0) is 14.7. The second-order valence-corrected chi connectivity index (χ2v) is 5.43. The molecular weight excluding hydrogens is 257 g/mol. The Morgan fingerprint density at radius 2 is 2.20 bits per heavy atom. The zero-order valence-electron chi connectivity index (χ0n) is 12.4. The third kappa shape index (κ3) is 3.01. The van der Waals surface area contributed by atoms with Crippen LogP contribution in [0.2, 0.25) is 0 Å². The summed E-state index contributed by atoms with van der Waals surface area (Å²) in [5.41, 5.74) is 0.414. The maximum Gasteiger partial charge on any atom is 0.176 e. The minimum Gasteiger partial charge on any atom is -0.494 e. The first-order chi connectivity index (χ1) is 9.56. The number of hydrogen-bond donors (Lipinski definition) is 0. The molecule has 1 aromatic rings. The Bertz CT molecular complexity index is 489. The second-order valence-electron chi connectivity index (χ2n) is 5.43. The highest BCUT2D eigenvalue weighted by atomic mass is 19.1. The fraction of sp³-hybridized carbons (Fsp3) is 0.562. The Kier molecular flexibility index (Phi) is 4.76. The summed E-state index contributed by atoms with van der Waals surface area (Å²) in [6.07, 6.45) is 3.32. The van der Waals surface area contributed by atoms with Gasteiger partial charge in [-0.1, -0.05) is 6.92 Å². The van der Waals surface area contributed by atoms with Crippen molar-refractivity contribution in [3.05, 3.63) is 29.6 Å².